The van der Waals surface area contributed by atoms with Gasteiger partial charge in [0.15, 0.2) is 0 Å². The molecule has 0 amide bonds. The fraction of sp³-hybridized carbons (Fsp3) is 0.538. The standard InChI is InChI=1S/C13H20ClNO2/c1-15-8-11-16-9-2-3-10-17-13-6-4-12(14)5-7-13/h4-7,15H,2-3,8-11H2,1H3. The second-order valence-corrected chi connectivity index (χ2v) is 4.16. The molecule has 0 bridgehead atoms. The Morgan fingerprint density at radius 3 is 2.47 bits per heavy atom. The first kappa shape index (κ1) is 14.3. The molecule has 0 atom stereocenters. The Kier molecular flexibility index (Phi) is 7.80. The Morgan fingerprint density at radius 2 is 1.76 bits per heavy atom. The van der Waals surface area contributed by atoms with Crippen LogP contribution in [0.5, 0.6) is 5.75 Å². The van der Waals surface area contributed by atoms with E-state index in [0.717, 1.165) is 50.0 Å². The van der Waals surface area contributed by atoms with Crippen molar-refractivity contribution < 1.29 is 9.47 Å². The van der Waals surface area contributed by atoms with Gasteiger partial charge in [0.2, 0.25) is 0 Å². The van der Waals surface area contributed by atoms with E-state index in [4.69, 9.17) is 21.1 Å². The predicted molar refractivity (Wildman–Crippen MR) is 70.9 cm³/mol. The molecule has 1 rings (SSSR count). The monoisotopic (exact) mass is 257 g/mol. The van der Waals surface area contributed by atoms with Crippen molar-refractivity contribution in [1.29, 1.82) is 0 Å². The molecule has 0 spiro atoms. The number of likely N-dealkylation sites (N-methyl/N-ethyl adjacent to an activating group) is 1. The zero-order valence-corrected chi connectivity index (χ0v) is 11.0. The molecule has 0 radical (unpaired) electrons. The minimum absolute atomic E-state index is 0.719. The molecule has 3 nitrogen and oxygen atoms in total. The number of rotatable bonds is 9. The smallest absolute Gasteiger partial charge is 0.119 e. The fourth-order valence-electron chi connectivity index (χ4n) is 1.30. The van der Waals surface area contributed by atoms with E-state index < -0.39 is 0 Å². The van der Waals surface area contributed by atoms with Crippen molar-refractivity contribution in [3.05, 3.63) is 29.3 Å². The highest BCUT2D eigenvalue weighted by molar-refractivity contribution is 6.30. The molecule has 0 saturated heterocycles. The molecule has 0 aliphatic rings. The van der Waals surface area contributed by atoms with Gasteiger partial charge in [-0.05, 0) is 44.2 Å². The van der Waals surface area contributed by atoms with Crippen LogP contribution in [0.1, 0.15) is 12.8 Å². The Hall–Kier alpha value is -0.770. The van der Waals surface area contributed by atoms with Gasteiger partial charge in [-0.1, -0.05) is 11.6 Å². The quantitative estimate of drug-likeness (QED) is 0.690. The summed E-state index contributed by atoms with van der Waals surface area (Å²) in [6.45, 7) is 3.19. The van der Waals surface area contributed by atoms with E-state index in [1.165, 1.54) is 0 Å². The van der Waals surface area contributed by atoms with Crippen LogP contribution in [0.25, 0.3) is 0 Å². The predicted octanol–water partition coefficient (Wildman–Crippen LogP) is 2.74. The summed E-state index contributed by atoms with van der Waals surface area (Å²) in [5, 5.41) is 3.77. The van der Waals surface area contributed by atoms with Crippen LogP contribution in [0, 0.1) is 0 Å². The Bertz CT molecular complexity index is 290. The molecule has 1 aromatic carbocycles. The third-order valence-corrected chi connectivity index (χ3v) is 2.51. The lowest BCUT2D eigenvalue weighted by molar-refractivity contribution is 0.129. The topological polar surface area (TPSA) is 30.5 Å². The molecule has 0 aliphatic carbocycles. The van der Waals surface area contributed by atoms with E-state index in [9.17, 15) is 0 Å². The number of hydrogen-bond donors (Lipinski definition) is 1. The van der Waals surface area contributed by atoms with E-state index in [2.05, 4.69) is 5.32 Å². The van der Waals surface area contributed by atoms with E-state index >= 15 is 0 Å². The van der Waals surface area contributed by atoms with Gasteiger partial charge in [0.25, 0.3) is 0 Å². The van der Waals surface area contributed by atoms with Gasteiger partial charge in [-0.25, -0.2) is 0 Å². The highest BCUT2D eigenvalue weighted by Gasteiger charge is 1.94. The van der Waals surface area contributed by atoms with Crippen molar-refractivity contribution in [1.82, 2.24) is 5.32 Å². The zero-order chi connectivity index (χ0) is 12.3. The maximum Gasteiger partial charge on any atom is 0.119 e. The van der Waals surface area contributed by atoms with Crippen LogP contribution in [-0.2, 0) is 4.74 Å². The maximum atomic E-state index is 5.78. The lowest BCUT2D eigenvalue weighted by atomic mass is 10.3. The molecular weight excluding hydrogens is 238 g/mol. The molecule has 96 valence electrons. The van der Waals surface area contributed by atoms with Gasteiger partial charge < -0.3 is 14.8 Å². The van der Waals surface area contributed by atoms with Crippen molar-refractivity contribution >= 4 is 11.6 Å². The van der Waals surface area contributed by atoms with E-state index in [-0.39, 0.29) is 0 Å². The summed E-state index contributed by atoms with van der Waals surface area (Å²) < 4.78 is 11.0. The highest BCUT2D eigenvalue weighted by Crippen LogP contribution is 2.15. The van der Waals surface area contributed by atoms with E-state index in [1.807, 2.05) is 31.3 Å². The van der Waals surface area contributed by atoms with Gasteiger partial charge in [0, 0.05) is 18.2 Å². The molecule has 17 heavy (non-hydrogen) atoms. The van der Waals surface area contributed by atoms with Crippen LogP contribution in [0.2, 0.25) is 5.02 Å². The van der Waals surface area contributed by atoms with Gasteiger partial charge in [-0.3, -0.25) is 0 Å². The average molecular weight is 258 g/mol. The summed E-state index contributed by atoms with van der Waals surface area (Å²) in [5.74, 6) is 0.866. The molecule has 0 heterocycles. The second kappa shape index (κ2) is 9.28. The summed E-state index contributed by atoms with van der Waals surface area (Å²) in [6, 6.07) is 7.42. The van der Waals surface area contributed by atoms with Gasteiger partial charge in [0.1, 0.15) is 5.75 Å². The average Bonchev–Trinajstić information content (AvgIpc) is 2.35. The second-order valence-electron chi connectivity index (χ2n) is 3.73. The van der Waals surface area contributed by atoms with Crippen LogP contribution < -0.4 is 10.1 Å². The summed E-state index contributed by atoms with van der Waals surface area (Å²) in [7, 11) is 1.92. The van der Waals surface area contributed by atoms with Crippen LogP contribution in [0.4, 0.5) is 0 Å². The molecule has 0 fully saturated rings. The largest absolute Gasteiger partial charge is 0.494 e. The van der Waals surface area contributed by atoms with Gasteiger partial charge in [-0.2, -0.15) is 0 Å². The molecule has 0 aromatic heterocycles. The summed E-state index contributed by atoms with van der Waals surface area (Å²) in [4.78, 5) is 0. The summed E-state index contributed by atoms with van der Waals surface area (Å²) >= 11 is 5.78. The molecule has 0 aliphatic heterocycles. The van der Waals surface area contributed by atoms with E-state index in [0.29, 0.717) is 0 Å². The SMILES string of the molecule is CNCCOCCCCOc1ccc(Cl)cc1. The number of nitrogens with one attached hydrogen (secondary N) is 1. The van der Waals surface area contributed by atoms with Crippen molar-refractivity contribution in [2.75, 3.05) is 33.4 Å². The maximum absolute atomic E-state index is 5.78. The first-order chi connectivity index (χ1) is 8.33. The molecule has 0 unspecified atom stereocenters. The number of ether oxygens (including phenoxy) is 2. The first-order valence-corrected chi connectivity index (χ1v) is 6.31. The number of benzene rings is 1. The molecule has 4 heteroatoms. The third kappa shape index (κ3) is 7.21. The van der Waals surface area contributed by atoms with Crippen LogP contribution in [0.15, 0.2) is 24.3 Å². The van der Waals surface area contributed by atoms with Gasteiger partial charge >= 0.3 is 0 Å². The lowest BCUT2D eigenvalue weighted by Gasteiger charge is -2.06. The minimum atomic E-state index is 0.719. The third-order valence-electron chi connectivity index (χ3n) is 2.26. The number of hydrogen-bond acceptors (Lipinski definition) is 3. The lowest BCUT2D eigenvalue weighted by Crippen LogP contribution is -2.14. The minimum Gasteiger partial charge on any atom is -0.494 e. The van der Waals surface area contributed by atoms with Crippen molar-refractivity contribution in [2.24, 2.45) is 0 Å². The van der Waals surface area contributed by atoms with Crippen LogP contribution in [-0.4, -0.2) is 33.4 Å². The highest BCUT2D eigenvalue weighted by atomic mass is 35.5. The van der Waals surface area contributed by atoms with Gasteiger partial charge in [0.05, 0.1) is 13.2 Å². The molecule has 1 aromatic rings. The molecule has 0 saturated carbocycles. The van der Waals surface area contributed by atoms with Gasteiger partial charge in [-0.15, -0.1) is 0 Å². The van der Waals surface area contributed by atoms with Crippen LogP contribution >= 0.6 is 11.6 Å². The molecular formula is C13H20ClNO2. The zero-order valence-electron chi connectivity index (χ0n) is 10.2. The Balaban J connectivity index is 1.95. The number of unbranched alkanes of at least 4 members (excludes halogenated alkanes) is 1. The van der Waals surface area contributed by atoms with Crippen molar-refractivity contribution in [3.8, 4) is 5.75 Å². The van der Waals surface area contributed by atoms with Crippen LogP contribution in [0.3, 0.4) is 0 Å². The van der Waals surface area contributed by atoms with Crippen molar-refractivity contribution in [2.45, 2.75) is 12.8 Å². The summed E-state index contributed by atoms with van der Waals surface area (Å²) in [5.41, 5.74) is 0. The normalized spacial score (nSPS) is 10.5. The first-order valence-electron chi connectivity index (χ1n) is 5.93. The Morgan fingerprint density at radius 1 is 1.06 bits per heavy atom. The Labute approximate surface area is 108 Å². The molecule has 1 N–H and O–H groups in total. The fourth-order valence-corrected chi connectivity index (χ4v) is 1.43. The summed E-state index contributed by atoms with van der Waals surface area (Å²) in [6.07, 6.45) is 2.03. The van der Waals surface area contributed by atoms with Crippen molar-refractivity contribution in [3.63, 3.8) is 0 Å². The van der Waals surface area contributed by atoms with E-state index in [1.54, 1.807) is 0 Å². The number of halogens is 1.